The molecule has 0 aromatic rings. The first-order valence-electron chi connectivity index (χ1n) is 9.25. The van der Waals surface area contributed by atoms with Gasteiger partial charge in [-0.3, -0.25) is 10.1 Å². The Bertz CT molecular complexity index is 377. The molecule has 2 aliphatic carbocycles. The summed E-state index contributed by atoms with van der Waals surface area (Å²) in [5.41, 5.74) is 0. The Morgan fingerprint density at radius 3 is 2.62 bits per heavy atom. The van der Waals surface area contributed by atoms with Crippen LogP contribution in [0.25, 0.3) is 0 Å². The summed E-state index contributed by atoms with van der Waals surface area (Å²) in [5.74, 6) is 2.34. The van der Waals surface area contributed by atoms with Gasteiger partial charge in [-0.15, -0.1) is 0 Å². The lowest BCUT2D eigenvalue weighted by molar-refractivity contribution is -0.132. The van der Waals surface area contributed by atoms with Gasteiger partial charge in [-0.25, -0.2) is 0 Å². The maximum absolute atomic E-state index is 13.0. The molecule has 5 unspecified atom stereocenters. The third-order valence-electron chi connectivity index (χ3n) is 6.13. The van der Waals surface area contributed by atoms with Crippen LogP contribution in [0, 0.1) is 17.8 Å². The molecule has 120 valence electrons. The number of carbonyl (C=O) groups is 1. The summed E-state index contributed by atoms with van der Waals surface area (Å²) in [6.45, 7) is 6.68. The lowest BCUT2D eigenvalue weighted by Crippen LogP contribution is -2.44. The predicted molar refractivity (Wildman–Crippen MR) is 85.8 cm³/mol. The molecular weight excluding hydrogens is 260 g/mol. The van der Waals surface area contributed by atoms with Crippen molar-refractivity contribution in [2.45, 2.75) is 90.4 Å². The number of nitrogens with zero attached hydrogens (tertiary/aromatic N) is 1. The summed E-state index contributed by atoms with van der Waals surface area (Å²) in [6, 6.07) is 0.619. The highest BCUT2D eigenvalue weighted by atomic mass is 16.2. The predicted octanol–water partition coefficient (Wildman–Crippen LogP) is 3.54. The highest BCUT2D eigenvalue weighted by Gasteiger charge is 2.53. The summed E-state index contributed by atoms with van der Waals surface area (Å²) in [7, 11) is 0. The highest BCUT2D eigenvalue weighted by molar-refractivity contribution is 5.85. The third-order valence-corrected chi connectivity index (χ3v) is 6.13. The molecule has 0 aromatic heterocycles. The fraction of sp³-hybridized carbons (Fsp3) is 0.944. The highest BCUT2D eigenvalue weighted by Crippen LogP contribution is 2.45. The van der Waals surface area contributed by atoms with Crippen LogP contribution in [0.1, 0.15) is 72.1 Å². The molecule has 21 heavy (non-hydrogen) atoms. The molecule has 2 saturated carbocycles. The second-order valence-electron chi connectivity index (χ2n) is 7.62. The maximum atomic E-state index is 13.0. The third kappa shape index (κ3) is 2.86. The number of hydrogen-bond donors (Lipinski definition) is 1. The lowest BCUT2D eigenvalue weighted by Gasteiger charge is -2.29. The van der Waals surface area contributed by atoms with E-state index in [4.69, 9.17) is 0 Å². The zero-order chi connectivity index (χ0) is 15.0. The van der Waals surface area contributed by atoms with Gasteiger partial charge in [0, 0.05) is 6.04 Å². The van der Waals surface area contributed by atoms with Crippen LogP contribution in [-0.2, 0) is 4.79 Å². The zero-order valence-corrected chi connectivity index (χ0v) is 14.0. The fourth-order valence-electron chi connectivity index (χ4n) is 4.54. The van der Waals surface area contributed by atoms with Gasteiger partial charge >= 0.3 is 0 Å². The van der Waals surface area contributed by atoms with Gasteiger partial charge < -0.3 is 4.90 Å². The molecule has 1 saturated heterocycles. The van der Waals surface area contributed by atoms with E-state index in [0.29, 0.717) is 30.0 Å². The molecule has 0 spiro atoms. The van der Waals surface area contributed by atoms with Crippen molar-refractivity contribution in [3.05, 3.63) is 0 Å². The first-order chi connectivity index (χ1) is 10.2. The van der Waals surface area contributed by atoms with Gasteiger partial charge in [0.1, 0.15) is 0 Å². The molecule has 3 aliphatic rings. The number of rotatable bonds is 6. The van der Waals surface area contributed by atoms with E-state index in [1.54, 1.807) is 0 Å². The van der Waals surface area contributed by atoms with E-state index in [0.717, 1.165) is 12.3 Å². The Morgan fingerprint density at radius 1 is 1.29 bits per heavy atom. The number of hydrogen-bond acceptors (Lipinski definition) is 2. The first kappa shape index (κ1) is 15.3. The Hall–Kier alpha value is -0.570. The van der Waals surface area contributed by atoms with Crippen molar-refractivity contribution in [2.75, 3.05) is 0 Å². The number of carbonyl (C=O) groups excluding carboxylic acids is 1. The van der Waals surface area contributed by atoms with E-state index < -0.39 is 0 Å². The summed E-state index contributed by atoms with van der Waals surface area (Å²) in [6.07, 6.45) is 10.5. The van der Waals surface area contributed by atoms with E-state index in [-0.39, 0.29) is 6.04 Å². The molecule has 3 fully saturated rings. The van der Waals surface area contributed by atoms with E-state index in [1.807, 2.05) is 0 Å². The lowest BCUT2D eigenvalue weighted by atomic mass is 9.99. The van der Waals surface area contributed by atoms with Crippen molar-refractivity contribution in [1.29, 1.82) is 0 Å². The van der Waals surface area contributed by atoms with E-state index in [9.17, 15) is 4.79 Å². The molecule has 0 aromatic carbocycles. The van der Waals surface area contributed by atoms with Crippen molar-refractivity contribution < 1.29 is 4.79 Å². The van der Waals surface area contributed by atoms with Crippen LogP contribution >= 0.6 is 0 Å². The normalized spacial score (nSPS) is 38.2. The average Bonchev–Trinajstić information content (AvgIpc) is 2.92. The number of amides is 1. The first-order valence-corrected chi connectivity index (χ1v) is 9.25. The van der Waals surface area contributed by atoms with Gasteiger partial charge in [0.05, 0.1) is 12.2 Å². The Kier molecular flexibility index (Phi) is 4.58. The van der Waals surface area contributed by atoms with Crippen molar-refractivity contribution >= 4 is 5.91 Å². The second-order valence-corrected chi connectivity index (χ2v) is 7.62. The minimum atomic E-state index is 0.0727. The second kappa shape index (κ2) is 6.28. The van der Waals surface area contributed by atoms with Crippen molar-refractivity contribution in [3.8, 4) is 0 Å². The van der Waals surface area contributed by atoms with Gasteiger partial charge in [0.2, 0.25) is 5.91 Å². The SMILES string of the molecule is CCCC1CC1N1C(=O)C(C(C)CC)NC1C1CCCC1. The van der Waals surface area contributed by atoms with Crippen LogP contribution in [0.4, 0.5) is 0 Å². The molecule has 0 bridgehead atoms. The Balaban J connectivity index is 1.74. The van der Waals surface area contributed by atoms with E-state index in [2.05, 4.69) is 31.0 Å². The molecule has 3 rings (SSSR count). The smallest absolute Gasteiger partial charge is 0.241 e. The molecule has 5 atom stereocenters. The zero-order valence-electron chi connectivity index (χ0n) is 14.0. The van der Waals surface area contributed by atoms with Gasteiger partial charge in [-0.1, -0.05) is 46.5 Å². The average molecular weight is 292 g/mol. The largest absolute Gasteiger partial charge is 0.322 e. The van der Waals surface area contributed by atoms with Crippen molar-refractivity contribution in [2.24, 2.45) is 17.8 Å². The van der Waals surface area contributed by atoms with Crippen molar-refractivity contribution in [1.82, 2.24) is 10.2 Å². The molecule has 1 amide bonds. The topological polar surface area (TPSA) is 32.3 Å². The Morgan fingerprint density at radius 2 is 2.00 bits per heavy atom. The maximum Gasteiger partial charge on any atom is 0.241 e. The minimum absolute atomic E-state index is 0.0727. The molecule has 3 nitrogen and oxygen atoms in total. The summed E-state index contributed by atoms with van der Waals surface area (Å²) < 4.78 is 0. The molecule has 1 aliphatic heterocycles. The summed E-state index contributed by atoms with van der Waals surface area (Å²) >= 11 is 0. The number of nitrogens with one attached hydrogen (secondary N) is 1. The molecule has 0 radical (unpaired) electrons. The monoisotopic (exact) mass is 292 g/mol. The van der Waals surface area contributed by atoms with Gasteiger partial charge in [0.15, 0.2) is 0 Å². The molecule has 3 heteroatoms. The van der Waals surface area contributed by atoms with Crippen LogP contribution < -0.4 is 5.32 Å². The van der Waals surface area contributed by atoms with E-state index in [1.165, 1.54) is 44.9 Å². The summed E-state index contributed by atoms with van der Waals surface area (Å²) in [5, 5.41) is 3.74. The van der Waals surface area contributed by atoms with Gasteiger partial charge in [-0.05, 0) is 43.4 Å². The van der Waals surface area contributed by atoms with Crippen LogP contribution in [0.3, 0.4) is 0 Å². The fourth-order valence-corrected chi connectivity index (χ4v) is 4.54. The molecular formula is C18H32N2O. The van der Waals surface area contributed by atoms with Gasteiger partial charge in [-0.2, -0.15) is 0 Å². The van der Waals surface area contributed by atoms with Gasteiger partial charge in [0.25, 0.3) is 0 Å². The standard InChI is InChI=1S/C18H32N2O/c1-4-8-14-11-15(14)20-17(13-9-6-7-10-13)19-16(18(20)21)12(3)5-2/h12-17,19H,4-11H2,1-3H3. The van der Waals surface area contributed by atoms with E-state index >= 15 is 0 Å². The quantitative estimate of drug-likeness (QED) is 0.812. The minimum Gasteiger partial charge on any atom is -0.322 e. The molecule has 1 N–H and O–H groups in total. The molecule has 1 heterocycles. The van der Waals surface area contributed by atoms with Crippen LogP contribution in [0.5, 0.6) is 0 Å². The van der Waals surface area contributed by atoms with Crippen LogP contribution in [-0.4, -0.2) is 29.1 Å². The van der Waals surface area contributed by atoms with Crippen LogP contribution in [0.2, 0.25) is 0 Å². The van der Waals surface area contributed by atoms with Crippen LogP contribution in [0.15, 0.2) is 0 Å². The Labute approximate surface area is 129 Å². The summed E-state index contributed by atoms with van der Waals surface area (Å²) in [4.78, 5) is 15.3. The van der Waals surface area contributed by atoms with Crippen molar-refractivity contribution in [3.63, 3.8) is 0 Å².